The number of aliphatic imine (C=N–C) groups is 1. The second-order valence-electron chi connectivity index (χ2n) is 7.72. The molecule has 0 unspecified atom stereocenters. The summed E-state index contributed by atoms with van der Waals surface area (Å²) in [7, 11) is 3.37. The lowest BCUT2D eigenvalue weighted by Gasteiger charge is -2.17. The molecule has 2 aromatic carbocycles. The van der Waals surface area contributed by atoms with Crippen LogP contribution >= 0.6 is 22.6 Å². The highest BCUT2D eigenvalue weighted by atomic mass is 127. The lowest BCUT2D eigenvalue weighted by atomic mass is 10.1. The molecule has 0 saturated carbocycles. The van der Waals surface area contributed by atoms with Crippen LogP contribution in [0.1, 0.15) is 16.7 Å². The van der Waals surface area contributed by atoms with Crippen molar-refractivity contribution in [2.24, 2.45) is 4.99 Å². The number of hydrogen-bond donors (Lipinski definition) is 0. The van der Waals surface area contributed by atoms with Crippen molar-refractivity contribution < 1.29 is 18.9 Å². The molecular weight excluding hydrogens is 497 g/mol. The van der Waals surface area contributed by atoms with Crippen molar-refractivity contribution in [3.63, 3.8) is 0 Å². The smallest absolute Gasteiger partial charge is 0.223 e. The first kappa shape index (κ1) is 21.7. The maximum atomic E-state index is 6.31. The van der Waals surface area contributed by atoms with Gasteiger partial charge in [0, 0.05) is 8.77 Å². The number of rotatable bonds is 6. The molecule has 0 aromatic heterocycles. The third-order valence-electron chi connectivity index (χ3n) is 4.62. The van der Waals surface area contributed by atoms with E-state index in [0.29, 0.717) is 23.9 Å². The van der Waals surface area contributed by atoms with Gasteiger partial charge >= 0.3 is 0 Å². The quantitative estimate of drug-likeness (QED) is 0.362. The van der Waals surface area contributed by atoms with Crippen molar-refractivity contribution in [1.82, 2.24) is 0 Å². The highest BCUT2D eigenvalue weighted by Crippen LogP contribution is 2.43. The molecule has 7 heteroatoms. The Kier molecular flexibility index (Phi) is 6.57. The first-order valence-electron chi connectivity index (χ1n) is 9.30. The van der Waals surface area contributed by atoms with Crippen LogP contribution in [0.3, 0.4) is 0 Å². The number of hydrogen-bond acceptors (Lipinski definition) is 5. The van der Waals surface area contributed by atoms with E-state index in [-0.39, 0.29) is 0 Å². The van der Waals surface area contributed by atoms with Crippen LogP contribution < -0.4 is 14.2 Å². The van der Waals surface area contributed by atoms with E-state index in [2.05, 4.69) is 42.2 Å². The molecule has 0 atom stereocenters. The van der Waals surface area contributed by atoms with Crippen LogP contribution in [0.5, 0.6) is 17.2 Å². The Balaban J connectivity index is 2.06. The van der Waals surface area contributed by atoms with Crippen LogP contribution in [0.2, 0.25) is 19.6 Å². The molecule has 3 rings (SSSR count). The Bertz CT molecular complexity index is 962. The summed E-state index contributed by atoms with van der Waals surface area (Å²) >= 11 is 2.42. The lowest BCUT2D eigenvalue weighted by molar-refractivity contribution is 0.355. The summed E-state index contributed by atoms with van der Waals surface area (Å²) in [6, 6.07) is 11.8. The van der Waals surface area contributed by atoms with Gasteiger partial charge in [0.1, 0.15) is 11.5 Å². The zero-order valence-corrected chi connectivity index (χ0v) is 20.8. The minimum atomic E-state index is -1.57. The molecule has 2 aromatic rings. The molecule has 29 heavy (non-hydrogen) atoms. The van der Waals surface area contributed by atoms with E-state index in [9.17, 15) is 0 Å². The monoisotopic (exact) mass is 523 g/mol. The van der Waals surface area contributed by atoms with Crippen molar-refractivity contribution in [2.75, 3.05) is 21.3 Å². The molecule has 1 aliphatic rings. The van der Waals surface area contributed by atoms with Gasteiger partial charge in [0.25, 0.3) is 0 Å². The average molecular weight is 523 g/mol. The number of ether oxygens (including phenoxy) is 4. The molecule has 1 aliphatic heterocycles. The Morgan fingerprint density at radius 2 is 1.52 bits per heavy atom. The second-order valence-corrected chi connectivity index (χ2v) is 14.8. The highest BCUT2D eigenvalue weighted by molar-refractivity contribution is 14.1. The molecule has 154 valence electrons. The normalized spacial score (nSPS) is 16.3. The topological polar surface area (TPSA) is 49.3 Å². The van der Waals surface area contributed by atoms with E-state index in [4.69, 9.17) is 23.9 Å². The van der Waals surface area contributed by atoms with Crippen LogP contribution in [0.15, 0.2) is 44.6 Å². The molecule has 1 heterocycles. The molecule has 0 aliphatic carbocycles. The fourth-order valence-corrected chi connectivity index (χ4v) is 4.23. The van der Waals surface area contributed by atoms with Gasteiger partial charge in [-0.2, -0.15) is 0 Å². The standard InChI is InChI=1S/C22H26INO4Si/c1-25-15-9-7-14(8-10-15)13-24-22-17-12-19(27-3)18(26-2)11-16(17)20(28-22)21(23)29(4,5)6/h7-12H,13H2,1-6H3/b21-20-,24-22?. The Morgan fingerprint density at radius 1 is 0.931 bits per heavy atom. The summed E-state index contributed by atoms with van der Waals surface area (Å²) in [6.45, 7) is 7.43. The van der Waals surface area contributed by atoms with E-state index >= 15 is 0 Å². The molecule has 0 bridgehead atoms. The van der Waals surface area contributed by atoms with Gasteiger partial charge in [-0.25, -0.2) is 4.99 Å². The van der Waals surface area contributed by atoms with Crippen molar-refractivity contribution >= 4 is 42.3 Å². The Hall–Kier alpha value is -2.00. The number of methoxy groups -OCH3 is 3. The summed E-state index contributed by atoms with van der Waals surface area (Å²) in [6.07, 6.45) is 0. The number of benzene rings is 2. The summed E-state index contributed by atoms with van der Waals surface area (Å²) in [5.41, 5.74) is 3.02. The third kappa shape index (κ3) is 4.61. The van der Waals surface area contributed by atoms with Gasteiger partial charge in [0.2, 0.25) is 5.90 Å². The average Bonchev–Trinajstić information content (AvgIpc) is 3.07. The highest BCUT2D eigenvalue weighted by Gasteiger charge is 2.33. The van der Waals surface area contributed by atoms with Gasteiger partial charge < -0.3 is 18.9 Å². The van der Waals surface area contributed by atoms with Crippen molar-refractivity contribution in [2.45, 2.75) is 26.2 Å². The molecule has 0 N–H and O–H groups in total. The van der Waals surface area contributed by atoms with Crippen LogP contribution in [0.4, 0.5) is 0 Å². The maximum Gasteiger partial charge on any atom is 0.223 e. The van der Waals surface area contributed by atoms with Gasteiger partial charge in [-0.3, -0.25) is 0 Å². The minimum Gasteiger partial charge on any atom is -0.497 e. The first-order valence-corrected chi connectivity index (χ1v) is 13.9. The summed E-state index contributed by atoms with van der Waals surface area (Å²) in [5.74, 6) is 3.67. The van der Waals surface area contributed by atoms with Crippen molar-refractivity contribution in [1.29, 1.82) is 0 Å². The van der Waals surface area contributed by atoms with E-state index in [0.717, 1.165) is 28.2 Å². The largest absolute Gasteiger partial charge is 0.497 e. The van der Waals surface area contributed by atoms with Crippen molar-refractivity contribution in [3.05, 3.63) is 56.3 Å². The van der Waals surface area contributed by atoms with Crippen LogP contribution in [-0.2, 0) is 11.3 Å². The van der Waals surface area contributed by atoms with Gasteiger partial charge in [-0.15, -0.1) is 0 Å². The van der Waals surface area contributed by atoms with Gasteiger partial charge in [0.15, 0.2) is 11.5 Å². The van der Waals surface area contributed by atoms with Crippen LogP contribution in [-0.4, -0.2) is 35.3 Å². The molecule has 0 radical (unpaired) electrons. The number of fused-ring (bicyclic) bond motifs is 1. The SMILES string of the molecule is COc1ccc(CN=C2O/C(=C(/I)[Si](C)(C)C)c3cc(OC)c(OC)cc32)cc1. The van der Waals surface area contributed by atoms with Gasteiger partial charge in [0.05, 0.1) is 41.5 Å². The fourth-order valence-electron chi connectivity index (χ4n) is 2.97. The zero-order valence-electron chi connectivity index (χ0n) is 17.6. The Labute approximate surface area is 186 Å². The maximum absolute atomic E-state index is 6.31. The van der Waals surface area contributed by atoms with E-state index < -0.39 is 8.07 Å². The summed E-state index contributed by atoms with van der Waals surface area (Å²) < 4.78 is 23.8. The van der Waals surface area contributed by atoms with E-state index in [1.807, 2.05) is 36.4 Å². The molecule has 0 spiro atoms. The van der Waals surface area contributed by atoms with E-state index in [1.54, 1.807) is 21.3 Å². The summed E-state index contributed by atoms with van der Waals surface area (Å²) in [4.78, 5) is 4.77. The molecule has 5 nitrogen and oxygen atoms in total. The molecule has 0 fully saturated rings. The third-order valence-corrected chi connectivity index (χ3v) is 11.5. The molecular formula is C22H26INO4Si. The minimum absolute atomic E-state index is 0.518. The number of nitrogens with zero attached hydrogens (tertiary/aromatic N) is 1. The first-order chi connectivity index (χ1) is 13.8. The summed E-state index contributed by atoms with van der Waals surface area (Å²) in [5, 5.41) is 0. The fraction of sp³-hybridized carbons (Fsp3) is 0.318. The predicted molar refractivity (Wildman–Crippen MR) is 128 cm³/mol. The Morgan fingerprint density at radius 3 is 2.03 bits per heavy atom. The van der Waals surface area contributed by atoms with Crippen LogP contribution in [0.25, 0.3) is 5.76 Å². The molecule has 0 saturated heterocycles. The zero-order chi connectivity index (χ0) is 21.2. The lowest BCUT2D eigenvalue weighted by Crippen LogP contribution is -2.21. The predicted octanol–water partition coefficient (Wildman–Crippen LogP) is 5.67. The van der Waals surface area contributed by atoms with Crippen molar-refractivity contribution in [3.8, 4) is 17.2 Å². The molecule has 0 amide bonds. The second kappa shape index (κ2) is 8.79. The van der Waals surface area contributed by atoms with Gasteiger partial charge in [-0.05, 0) is 29.8 Å². The van der Waals surface area contributed by atoms with E-state index in [1.165, 1.54) is 3.20 Å². The number of halogens is 1. The van der Waals surface area contributed by atoms with Crippen LogP contribution in [0, 0.1) is 0 Å². The van der Waals surface area contributed by atoms with Gasteiger partial charge in [-0.1, -0.05) is 54.4 Å².